The van der Waals surface area contributed by atoms with Gasteiger partial charge in [0.25, 0.3) is 0 Å². The molecule has 1 aliphatic heterocycles. The van der Waals surface area contributed by atoms with Gasteiger partial charge >= 0.3 is 0 Å². The van der Waals surface area contributed by atoms with Gasteiger partial charge in [0.15, 0.2) is 0 Å². The summed E-state index contributed by atoms with van der Waals surface area (Å²) in [4.78, 5) is 15.1. The zero-order chi connectivity index (χ0) is 17.3. The molecule has 1 aromatic carbocycles. The summed E-state index contributed by atoms with van der Waals surface area (Å²) in [7, 11) is 0. The summed E-state index contributed by atoms with van der Waals surface area (Å²) < 4.78 is 0. The molecule has 0 spiro atoms. The first kappa shape index (κ1) is 17.6. The third-order valence-corrected chi connectivity index (χ3v) is 5.70. The van der Waals surface area contributed by atoms with Gasteiger partial charge in [-0.1, -0.05) is 32.4 Å². The number of nitrogens with zero attached hydrogens (tertiary/aromatic N) is 1. The number of hydrogen-bond donors (Lipinski definition) is 1. The van der Waals surface area contributed by atoms with Gasteiger partial charge in [-0.2, -0.15) is 0 Å². The van der Waals surface area contributed by atoms with Crippen LogP contribution in [0.1, 0.15) is 52.9 Å². The van der Waals surface area contributed by atoms with E-state index in [9.17, 15) is 4.79 Å². The maximum Gasteiger partial charge on any atom is 0.242 e. The smallest absolute Gasteiger partial charge is 0.242 e. The van der Waals surface area contributed by atoms with Gasteiger partial charge in [-0.05, 0) is 67.7 Å². The van der Waals surface area contributed by atoms with E-state index in [1.807, 2.05) is 24.3 Å². The number of anilines is 1. The number of hydrogen-bond acceptors (Lipinski definition) is 2. The molecule has 0 radical (unpaired) electrons. The molecule has 1 aliphatic carbocycles. The molecule has 2 aliphatic rings. The van der Waals surface area contributed by atoms with Crippen LogP contribution in [0.5, 0.6) is 0 Å². The van der Waals surface area contributed by atoms with Crippen LogP contribution in [-0.4, -0.2) is 24.5 Å². The number of rotatable bonds is 3. The number of amides is 1. The molecule has 4 heteroatoms. The molecular formula is C20H29ClN2O. The van der Waals surface area contributed by atoms with Crippen molar-refractivity contribution in [2.45, 2.75) is 65.0 Å². The highest BCUT2D eigenvalue weighted by Gasteiger charge is 2.36. The minimum atomic E-state index is -0.0495. The van der Waals surface area contributed by atoms with Crippen molar-refractivity contribution in [1.82, 2.24) is 5.32 Å². The summed E-state index contributed by atoms with van der Waals surface area (Å²) in [5.74, 6) is 0.868. The highest BCUT2D eigenvalue weighted by atomic mass is 35.5. The van der Waals surface area contributed by atoms with Gasteiger partial charge in [-0.3, -0.25) is 4.79 Å². The second-order valence-corrected chi connectivity index (χ2v) is 8.88. The second kappa shape index (κ2) is 6.95. The Morgan fingerprint density at radius 1 is 1.25 bits per heavy atom. The number of carbonyl (C=O) groups excluding carboxylic acids is 1. The van der Waals surface area contributed by atoms with E-state index >= 15 is 0 Å². The number of halogens is 1. The molecule has 1 aromatic rings. The van der Waals surface area contributed by atoms with Gasteiger partial charge in [-0.25, -0.2) is 0 Å². The molecule has 1 amide bonds. The van der Waals surface area contributed by atoms with E-state index < -0.39 is 0 Å². The summed E-state index contributed by atoms with van der Waals surface area (Å²) in [6, 6.07) is 8.08. The van der Waals surface area contributed by atoms with Crippen molar-refractivity contribution in [2.24, 2.45) is 11.3 Å². The minimum absolute atomic E-state index is 0.0495. The van der Waals surface area contributed by atoms with E-state index in [0.717, 1.165) is 42.9 Å². The summed E-state index contributed by atoms with van der Waals surface area (Å²) in [5.41, 5.74) is 1.41. The maximum absolute atomic E-state index is 12.9. The third kappa shape index (κ3) is 4.05. The van der Waals surface area contributed by atoms with Crippen LogP contribution < -0.4 is 10.2 Å². The Bertz CT molecular complexity index is 584. The van der Waals surface area contributed by atoms with Crippen LogP contribution in [0.4, 0.5) is 5.69 Å². The molecule has 1 saturated carbocycles. The first-order chi connectivity index (χ1) is 11.3. The van der Waals surface area contributed by atoms with Crippen molar-refractivity contribution in [3.63, 3.8) is 0 Å². The number of benzene rings is 1. The highest BCUT2D eigenvalue weighted by molar-refractivity contribution is 6.30. The molecule has 3 rings (SSSR count). The Balaban J connectivity index is 1.66. The molecule has 1 heterocycles. The molecule has 3 unspecified atom stereocenters. The molecule has 24 heavy (non-hydrogen) atoms. The Kier molecular flexibility index (Phi) is 5.10. The Hall–Kier alpha value is -1.22. The van der Waals surface area contributed by atoms with Gasteiger partial charge in [-0.15, -0.1) is 0 Å². The topological polar surface area (TPSA) is 32.3 Å². The summed E-state index contributed by atoms with van der Waals surface area (Å²) in [6.45, 7) is 7.87. The Labute approximate surface area is 150 Å². The lowest BCUT2D eigenvalue weighted by Crippen LogP contribution is -2.50. The molecule has 0 aromatic heterocycles. The molecule has 0 bridgehead atoms. The molecule has 1 saturated heterocycles. The van der Waals surface area contributed by atoms with E-state index in [2.05, 4.69) is 31.0 Å². The Morgan fingerprint density at radius 3 is 2.62 bits per heavy atom. The molecule has 3 nitrogen and oxygen atoms in total. The lowest BCUT2D eigenvalue weighted by molar-refractivity contribution is -0.123. The van der Waals surface area contributed by atoms with Crippen LogP contribution in [-0.2, 0) is 4.79 Å². The predicted octanol–water partition coefficient (Wildman–Crippen LogP) is 4.64. The van der Waals surface area contributed by atoms with Gasteiger partial charge in [0.05, 0.1) is 0 Å². The molecular weight excluding hydrogens is 320 g/mol. The van der Waals surface area contributed by atoms with Crippen LogP contribution in [0.15, 0.2) is 24.3 Å². The van der Waals surface area contributed by atoms with Crippen LogP contribution in [0, 0.1) is 11.3 Å². The van der Waals surface area contributed by atoms with Crippen LogP contribution in [0.2, 0.25) is 5.02 Å². The van der Waals surface area contributed by atoms with Crippen molar-refractivity contribution in [3.05, 3.63) is 29.3 Å². The zero-order valence-electron chi connectivity index (χ0n) is 15.0. The monoisotopic (exact) mass is 348 g/mol. The fraction of sp³-hybridized carbons (Fsp3) is 0.650. The fourth-order valence-electron chi connectivity index (χ4n) is 4.73. The fourth-order valence-corrected chi connectivity index (χ4v) is 4.86. The van der Waals surface area contributed by atoms with Gasteiger partial charge < -0.3 is 10.2 Å². The lowest BCUT2D eigenvalue weighted by Gasteiger charge is -2.40. The van der Waals surface area contributed by atoms with E-state index in [0.29, 0.717) is 17.4 Å². The molecule has 3 atom stereocenters. The van der Waals surface area contributed by atoms with E-state index in [4.69, 9.17) is 11.6 Å². The summed E-state index contributed by atoms with van der Waals surface area (Å²) in [6.07, 6.45) is 5.42. The summed E-state index contributed by atoms with van der Waals surface area (Å²) >= 11 is 5.99. The first-order valence-corrected chi connectivity index (χ1v) is 9.54. The SMILES string of the molecule is CC1CC(NC(=O)C2CCCN2c2ccc(Cl)cc2)CC(C)(C)C1. The van der Waals surface area contributed by atoms with E-state index in [1.54, 1.807) is 0 Å². The maximum atomic E-state index is 12.9. The first-order valence-electron chi connectivity index (χ1n) is 9.17. The molecule has 132 valence electrons. The van der Waals surface area contributed by atoms with Crippen molar-refractivity contribution < 1.29 is 4.79 Å². The van der Waals surface area contributed by atoms with Gasteiger partial charge in [0.1, 0.15) is 6.04 Å². The standard InChI is InChI=1S/C20H29ClN2O/c1-14-11-16(13-20(2,3)12-14)22-19(24)18-5-4-10-23(18)17-8-6-15(21)7-9-17/h6-9,14,16,18H,4-5,10-13H2,1-3H3,(H,22,24). The molecule has 2 fully saturated rings. The highest BCUT2D eigenvalue weighted by Crippen LogP contribution is 2.38. The van der Waals surface area contributed by atoms with E-state index in [1.165, 1.54) is 6.42 Å². The number of carbonyl (C=O) groups is 1. The average Bonchev–Trinajstić information content (AvgIpc) is 2.95. The molecule has 1 N–H and O–H groups in total. The largest absolute Gasteiger partial charge is 0.360 e. The minimum Gasteiger partial charge on any atom is -0.360 e. The van der Waals surface area contributed by atoms with Gasteiger partial charge in [0, 0.05) is 23.3 Å². The average molecular weight is 349 g/mol. The van der Waals surface area contributed by atoms with Crippen molar-refractivity contribution >= 4 is 23.2 Å². The lowest BCUT2D eigenvalue weighted by atomic mass is 9.70. The van der Waals surface area contributed by atoms with Gasteiger partial charge in [0.2, 0.25) is 5.91 Å². The van der Waals surface area contributed by atoms with Crippen LogP contribution in [0.3, 0.4) is 0 Å². The van der Waals surface area contributed by atoms with Crippen LogP contribution in [0.25, 0.3) is 0 Å². The van der Waals surface area contributed by atoms with Crippen LogP contribution >= 0.6 is 11.6 Å². The quantitative estimate of drug-likeness (QED) is 0.863. The number of nitrogens with one attached hydrogen (secondary N) is 1. The van der Waals surface area contributed by atoms with Crippen molar-refractivity contribution in [2.75, 3.05) is 11.4 Å². The van der Waals surface area contributed by atoms with E-state index in [-0.39, 0.29) is 11.9 Å². The Morgan fingerprint density at radius 2 is 1.96 bits per heavy atom. The normalized spacial score (nSPS) is 29.5. The zero-order valence-corrected chi connectivity index (χ0v) is 15.8. The second-order valence-electron chi connectivity index (χ2n) is 8.45. The third-order valence-electron chi connectivity index (χ3n) is 5.45. The summed E-state index contributed by atoms with van der Waals surface area (Å²) in [5, 5.41) is 4.08. The predicted molar refractivity (Wildman–Crippen MR) is 101 cm³/mol. The van der Waals surface area contributed by atoms with Crippen molar-refractivity contribution in [3.8, 4) is 0 Å². The van der Waals surface area contributed by atoms with Crippen molar-refractivity contribution in [1.29, 1.82) is 0 Å².